The Morgan fingerprint density at radius 3 is 3.11 bits per heavy atom. The van der Waals surface area contributed by atoms with Crippen molar-refractivity contribution in [2.24, 2.45) is 5.73 Å². The van der Waals surface area contributed by atoms with E-state index in [9.17, 15) is 0 Å². The molecule has 1 aliphatic rings. The minimum Gasteiger partial charge on any atom is -0.382 e. The lowest BCUT2D eigenvalue weighted by atomic mass is 9.97. The molecule has 1 fully saturated rings. The number of piperidine rings is 1. The molecule has 4 heteroatoms. The molecule has 1 atom stereocenters. The normalized spacial score (nSPS) is 19.8. The Kier molecular flexibility index (Phi) is 4.18. The predicted molar refractivity (Wildman–Crippen MR) is 75.1 cm³/mol. The zero-order valence-electron chi connectivity index (χ0n) is 11.0. The van der Waals surface area contributed by atoms with Gasteiger partial charge in [0.25, 0.3) is 0 Å². The topological polar surface area (TPSA) is 66.0 Å². The highest BCUT2D eigenvalue weighted by molar-refractivity contribution is 5.98. The highest BCUT2D eigenvalue weighted by Crippen LogP contribution is 2.28. The van der Waals surface area contributed by atoms with Crippen molar-refractivity contribution < 1.29 is 0 Å². The molecule has 2 heterocycles. The number of nitrogens with one attached hydrogen (secondary N) is 1. The van der Waals surface area contributed by atoms with Crippen molar-refractivity contribution >= 4 is 11.5 Å². The Bertz CT molecular complexity index is 414. The van der Waals surface area contributed by atoms with Crippen molar-refractivity contribution in [3.8, 4) is 0 Å². The van der Waals surface area contributed by atoms with Crippen LogP contribution in [0.2, 0.25) is 0 Å². The molecule has 3 N–H and O–H groups in total. The summed E-state index contributed by atoms with van der Waals surface area (Å²) in [5.74, 6) is 0.0615. The van der Waals surface area contributed by atoms with Crippen LogP contribution >= 0.6 is 0 Å². The van der Waals surface area contributed by atoms with E-state index in [1.54, 1.807) is 6.20 Å². The van der Waals surface area contributed by atoms with E-state index in [4.69, 9.17) is 11.1 Å². The van der Waals surface area contributed by atoms with Crippen molar-refractivity contribution in [1.82, 2.24) is 4.98 Å². The molecule has 1 aromatic rings. The molecule has 1 aliphatic heterocycles. The molecule has 0 aliphatic carbocycles. The lowest BCUT2D eigenvalue weighted by Crippen LogP contribution is -2.40. The third-order valence-electron chi connectivity index (χ3n) is 3.60. The molecule has 0 radical (unpaired) electrons. The molecule has 18 heavy (non-hydrogen) atoms. The van der Waals surface area contributed by atoms with E-state index in [0.717, 1.165) is 12.2 Å². The van der Waals surface area contributed by atoms with Gasteiger partial charge < -0.3 is 10.6 Å². The molecular formula is C14H22N4. The van der Waals surface area contributed by atoms with E-state index < -0.39 is 0 Å². The van der Waals surface area contributed by atoms with Gasteiger partial charge in [-0.05, 0) is 37.8 Å². The number of hydrogen-bond acceptors (Lipinski definition) is 3. The van der Waals surface area contributed by atoms with Gasteiger partial charge in [0, 0.05) is 18.8 Å². The van der Waals surface area contributed by atoms with Gasteiger partial charge in [-0.2, -0.15) is 0 Å². The molecule has 1 aromatic heterocycles. The average Bonchev–Trinajstić information content (AvgIpc) is 2.40. The molecule has 1 unspecified atom stereocenters. The second-order valence-corrected chi connectivity index (χ2v) is 4.92. The Hall–Kier alpha value is -1.58. The maximum atomic E-state index is 7.65. The maximum Gasteiger partial charge on any atom is 0.143 e. The lowest BCUT2D eigenvalue weighted by Gasteiger charge is -2.38. The molecule has 2 rings (SSSR count). The summed E-state index contributed by atoms with van der Waals surface area (Å²) in [4.78, 5) is 6.66. The number of nitrogen functional groups attached to an aromatic ring is 1. The van der Waals surface area contributed by atoms with Crippen LogP contribution in [-0.2, 0) is 0 Å². The average molecular weight is 246 g/mol. The molecule has 0 spiro atoms. The molecular weight excluding hydrogens is 224 g/mol. The summed E-state index contributed by atoms with van der Waals surface area (Å²) in [5, 5.41) is 7.65. The summed E-state index contributed by atoms with van der Waals surface area (Å²) in [6, 6.07) is 4.54. The number of anilines is 1. The van der Waals surface area contributed by atoms with Crippen molar-refractivity contribution in [2.75, 3.05) is 11.4 Å². The number of hydrogen-bond donors (Lipinski definition) is 2. The van der Waals surface area contributed by atoms with Gasteiger partial charge in [-0.25, -0.2) is 0 Å². The first-order valence-electron chi connectivity index (χ1n) is 6.80. The van der Waals surface area contributed by atoms with Crippen LogP contribution in [-0.4, -0.2) is 23.4 Å². The number of nitrogens with zero attached hydrogens (tertiary/aromatic N) is 2. The maximum absolute atomic E-state index is 7.65. The van der Waals surface area contributed by atoms with E-state index in [2.05, 4.69) is 16.8 Å². The van der Waals surface area contributed by atoms with Gasteiger partial charge in [0.2, 0.25) is 0 Å². The molecule has 1 saturated heterocycles. The standard InChI is InChI=1S/C14H22N4/c1-2-6-11-7-3-4-10-18(11)12-8-5-9-17-13(12)14(15)16/h5,8-9,11H,2-4,6-7,10H2,1H3,(H3,15,16). The monoisotopic (exact) mass is 246 g/mol. The zero-order chi connectivity index (χ0) is 13.0. The number of rotatable bonds is 4. The molecule has 0 bridgehead atoms. The minimum absolute atomic E-state index is 0.0615. The van der Waals surface area contributed by atoms with Gasteiger partial charge in [0.1, 0.15) is 11.5 Å². The fraction of sp³-hybridized carbons (Fsp3) is 0.571. The van der Waals surface area contributed by atoms with Gasteiger partial charge in [0.05, 0.1) is 5.69 Å². The van der Waals surface area contributed by atoms with Crippen LogP contribution in [0.5, 0.6) is 0 Å². The van der Waals surface area contributed by atoms with E-state index >= 15 is 0 Å². The number of aromatic nitrogens is 1. The summed E-state index contributed by atoms with van der Waals surface area (Å²) in [6.07, 6.45) is 7.85. The second-order valence-electron chi connectivity index (χ2n) is 4.92. The van der Waals surface area contributed by atoms with Crippen LogP contribution in [0.4, 0.5) is 5.69 Å². The summed E-state index contributed by atoms with van der Waals surface area (Å²) < 4.78 is 0. The van der Waals surface area contributed by atoms with E-state index in [1.165, 1.54) is 32.1 Å². The van der Waals surface area contributed by atoms with Crippen molar-refractivity contribution in [3.05, 3.63) is 24.0 Å². The van der Waals surface area contributed by atoms with Crippen molar-refractivity contribution in [3.63, 3.8) is 0 Å². The summed E-state index contributed by atoms with van der Waals surface area (Å²) in [6.45, 7) is 3.28. The number of pyridine rings is 1. The first-order valence-corrected chi connectivity index (χ1v) is 6.80. The molecule has 98 valence electrons. The van der Waals surface area contributed by atoms with Crippen LogP contribution in [0.15, 0.2) is 18.3 Å². The van der Waals surface area contributed by atoms with Crippen molar-refractivity contribution in [2.45, 2.75) is 45.1 Å². The van der Waals surface area contributed by atoms with Gasteiger partial charge in [0.15, 0.2) is 0 Å². The smallest absolute Gasteiger partial charge is 0.143 e. The van der Waals surface area contributed by atoms with Crippen LogP contribution in [0, 0.1) is 5.41 Å². The molecule has 0 aromatic carbocycles. The van der Waals surface area contributed by atoms with Crippen LogP contribution in [0.3, 0.4) is 0 Å². The highest BCUT2D eigenvalue weighted by Gasteiger charge is 2.24. The van der Waals surface area contributed by atoms with Crippen LogP contribution in [0.25, 0.3) is 0 Å². The quantitative estimate of drug-likeness (QED) is 0.633. The fourth-order valence-electron chi connectivity index (χ4n) is 2.79. The number of amidine groups is 1. The summed E-state index contributed by atoms with van der Waals surface area (Å²) in [5.41, 5.74) is 7.29. The third-order valence-corrected chi connectivity index (χ3v) is 3.60. The highest BCUT2D eigenvalue weighted by atomic mass is 15.2. The molecule has 0 saturated carbocycles. The zero-order valence-corrected chi connectivity index (χ0v) is 11.0. The predicted octanol–water partition coefficient (Wildman–Crippen LogP) is 2.52. The minimum atomic E-state index is 0.0615. The SMILES string of the molecule is CCCC1CCCCN1c1cccnc1C(=N)N. The van der Waals surface area contributed by atoms with Crippen molar-refractivity contribution in [1.29, 1.82) is 5.41 Å². The Labute approximate surface area is 109 Å². The molecule has 0 amide bonds. The number of nitrogens with two attached hydrogens (primary N) is 1. The van der Waals surface area contributed by atoms with Crippen LogP contribution in [0.1, 0.15) is 44.7 Å². The van der Waals surface area contributed by atoms with E-state index in [-0.39, 0.29) is 5.84 Å². The third kappa shape index (κ3) is 2.63. The largest absolute Gasteiger partial charge is 0.382 e. The van der Waals surface area contributed by atoms with E-state index in [0.29, 0.717) is 11.7 Å². The van der Waals surface area contributed by atoms with Gasteiger partial charge in [-0.3, -0.25) is 10.4 Å². The Balaban J connectivity index is 2.30. The van der Waals surface area contributed by atoms with Gasteiger partial charge in [-0.1, -0.05) is 13.3 Å². The lowest BCUT2D eigenvalue weighted by molar-refractivity contribution is 0.434. The van der Waals surface area contributed by atoms with Gasteiger partial charge >= 0.3 is 0 Å². The summed E-state index contributed by atoms with van der Waals surface area (Å²) >= 11 is 0. The Morgan fingerprint density at radius 2 is 2.39 bits per heavy atom. The summed E-state index contributed by atoms with van der Waals surface area (Å²) in [7, 11) is 0. The first-order chi connectivity index (χ1) is 8.74. The van der Waals surface area contributed by atoms with Gasteiger partial charge in [-0.15, -0.1) is 0 Å². The fourth-order valence-corrected chi connectivity index (χ4v) is 2.79. The Morgan fingerprint density at radius 1 is 1.56 bits per heavy atom. The second kappa shape index (κ2) is 5.85. The van der Waals surface area contributed by atoms with Crippen LogP contribution < -0.4 is 10.6 Å². The first kappa shape index (κ1) is 12.9. The molecule has 4 nitrogen and oxygen atoms in total. The van der Waals surface area contributed by atoms with E-state index in [1.807, 2.05) is 12.1 Å².